The van der Waals surface area contributed by atoms with Crippen molar-refractivity contribution in [3.05, 3.63) is 40.5 Å². The van der Waals surface area contributed by atoms with Crippen molar-refractivity contribution in [2.75, 3.05) is 5.32 Å². The Morgan fingerprint density at radius 2 is 2.00 bits per heavy atom. The lowest BCUT2D eigenvalue weighted by Gasteiger charge is -2.14. The van der Waals surface area contributed by atoms with Gasteiger partial charge in [0.1, 0.15) is 5.75 Å². The molecule has 0 spiro atoms. The number of benzene rings is 1. The van der Waals surface area contributed by atoms with Gasteiger partial charge in [-0.2, -0.15) is 5.10 Å². The highest BCUT2D eigenvalue weighted by molar-refractivity contribution is 6.30. The quantitative estimate of drug-likeness (QED) is 0.910. The van der Waals surface area contributed by atoms with E-state index in [9.17, 15) is 4.79 Å². The summed E-state index contributed by atoms with van der Waals surface area (Å²) in [5.41, 5.74) is 1.84. The standard InChI is InChI=1S/C14H16ClN3O2/c1-8-9(2)17-18-13(8)16-14(19)10(3)20-12-6-4-11(15)5-7-12/h4-7,10H,1-3H3,(H2,16,17,18,19). The number of anilines is 1. The Balaban J connectivity index is 1.98. The molecule has 1 aromatic carbocycles. The Labute approximate surface area is 122 Å². The number of rotatable bonds is 4. The van der Waals surface area contributed by atoms with Crippen LogP contribution in [0.3, 0.4) is 0 Å². The predicted molar refractivity (Wildman–Crippen MR) is 78.2 cm³/mol. The molecule has 0 aliphatic heterocycles. The van der Waals surface area contributed by atoms with Crippen LogP contribution in [0.4, 0.5) is 5.82 Å². The molecule has 1 unspecified atom stereocenters. The van der Waals surface area contributed by atoms with E-state index in [1.54, 1.807) is 31.2 Å². The zero-order chi connectivity index (χ0) is 14.7. The van der Waals surface area contributed by atoms with Gasteiger partial charge in [0.25, 0.3) is 5.91 Å². The first-order valence-corrected chi connectivity index (χ1v) is 6.60. The first-order chi connectivity index (χ1) is 9.47. The summed E-state index contributed by atoms with van der Waals surface area (Å²) < 4.78 is 5.54. The van der Waals surface area contributed by atoms with Crippen molar-refractivity contribution < 1.29 is 9.53 Å². The second-order valence-corrected chi connectivity index (χ2v) is 4.96. The number of halogens is 1. The molecule has 2 N–H and O–H groups in total. The van der Waals surface area contributed by atoms with Crippen LogP contribution in [-0.4, -0.2) is 22.2 Å². The maximum Gasteiger partial charge on any atom is 0.266 e. The van der Waals surface area contributed by atoms with Gasteiger partial charge in [0.2, 0.25) is 0 Å². The van der Waals surface area contributed by atoms with Crippen molar-refractivity contribution in [2.24, 2.45) is 0 Å². The topological polar surface area (TPSA) is 67.0 Å². The molecule has 2 rings (SSSR count). The lowest BCUT2D eigenvalue weighted by atomic mass is 10.2. The van der Waals surface area contributed by atoms with Crippen molar-refractivity contribution in [1.82, 2.24) is 10.2 Å². The summed E-state index contributed by atoms with van der Waals surface area (Å²) in [5.74, 6) is 0.862. The summed E-state index contributed by atoms with van der Waals surface area (Å²) in [4.78, 5) is 12.0. The molecule has 0 saturated carbocycles. The van der Waals surface area contributed by atoms with Crippen LogP contribution >= 0.6 is 11.6 Å². The van der Waals surface area contributed by atoms with Crippen LogP contribution in [0, 0.1) is 13.8 Å². The molecular weight excluding hydrogens is 278 g/mol. The van der Waals surface area contributed by atoms with Crippen LogP contribution in [-0.2, 0) is 4.79 Å². The number of aromatic amines is 1. The molecule has 20 heavy (non-hydrogen) atoms. The molecule has 1 amide bonds. The normalized spacial score (nSPS) is 12.0. The largest absolute Gasteiger partial charge is 0.481 e. The Hall–Kier alpha value is -2.01. The predicted octanol–water partition coefficient (Wildman–Crippen LogP) is 3.09. The van der Waals surface area contributed by atoms with Crippen molar-refractivity contribution in [1.29, 1.82) is 0 Å². The Morgan fingerprint density at radius 3 is 2.55 bits per heavy atom. The number of amides is 1. The van der Waals surface area contributed by atoms with Gasteiger partial charge in [-0.25, -0.2) is 0 Å². The SMILES string of the molecule is Cc1[nH]nc(NC(=O)C(C)Oc2ccc(Cl)cc2)c1C. The summed E-state index contributed by atoms with van der Waals surface area (Å²) >= 11 is 5.79. The Kier molecular flexibility index (Phi) is 4.29. The molecule has 0 aliphatic rings. The van der Waals surface area contributed by atoms with Crippen LogP contribution in [0.25, 0.3) is 0 Å². The molecule has 0 bridgehead atoms. The summed E-state index contributed by atoms with van der Waals surface area (Å²) in [6.45, 7) is 5.46. The van der Waals surface area contributed by atoms with Gasteiger partial charge in [-0.15, -0.1) is 0 Å². The molecule has 5 nitrogen and oxygen atoms in total. The van der Waals surface area contributed by atoms with Crippen molar-refractivity contribution in [3.63, 3.8) is 0 Å². The zero-order valence-electron chi connectivity index (χ0n) is 11.5. The van der Waals surface area contributed by atoms with Crippen LogP contribution in [0.1, 0.15) is 18.2 Å². The molecule has 1 aromatic heterocycles. The molecule has 0 aliphatic carbocycles. The fourth-order valence-electron chi connectivity index (χ4n) is 1.60. The van der Waals surface area contributed by atoms with E-state index in [-0.39, 0.29) is 5.91 Å². The lowest BCUT2D eigenvalue weighted by molar-refractivity contribution is -0.122. The zero-order valence-corrected chi connectivity index (χ0v) is 12.3. The van der Waals surface area contributed by atoms with E-state index in [4.69, 9.17) is 16.3 Å². The van der Waals surface area contributed by atoms with Crippen molar-refractivity contribution in [3.8, 4) is 5.75 Å². The van der Waals surface area contributed by atoms with E-state index < -0.39 is 6.10 Å². The summed E-state index contributed by atoms with van der Waals surface area (Å²) in [6, 6.07) is 6.86. The minimum Gasteiger partial charge on any atom is -0.481 e. The molecule has 0 fully saturated rings. The average molecular weight is 294 g/mol. The molecule has 2 aromatic rings. The maximum absolute atomic E-state index is 12.0. The third-order valence-corrected chi connectivity index (χ3v) is 3.24. The van der Waals surface area contributed by atoms with E-state index in [0.717, 1.165) is 11.3 Å². The van der Waals surface area contributed by atoms with E-state index in [1.165, 1.54) is 0 Å². The number of nitrogens with one attached hydrogen (secondary N) is 2. The summed E-state index contributed by atoms with van der Waals surface area (Å²) in [5, 5.41) is 10.2. The first-order valence-electron chi connectivity index (χ1n) is 6.22. The van der Waals surface area contributed by atoms with Gasteiger partial charge < -0.3 is 10.1 Å². The molecule has 0 radical (unpaired) electrons. The lowest BCUT2D eigenvalue weighted by Crippen LogP contribution is -2.30. The number of hydrogen-bond donors (Lipinski definition) is 2. The number of aromatic nitrogens is 2. The molecule has 0 saturated heterocycles. The van der Waals surface area contributed by atoms with E-state index in [1.807, 2.05) is 13.8 Å². The van der Waals surface area contributed by atoms with Gasteiger partial charge in [0.05, 0.1) is 0 Å². The first kappa shape index (κ1) is 14.4. The number of carbonyl (C=O) groups is 1. The highest BCUT2D eigenvalue weighted by Gasteiger charge is 2.17. The van der Waals surface area contributed by atoms with E-state index >= 15 is 0 Å². The smallest absolute Gasteiger partial charge is 0.266 e. The van der Waals surface area contributed by atoms with Gasteiger partial charge in [-0.1, -0.05) is 11.6 Å². The number of aryl methyl sites for hydroxylation is 1. The number of ether oxygens (including phenoxy) is 1. The Bertz CT molecular complexity index is 607. The van der Waals surface area contributed by atoms with Crippen LogP contribution in [0.5, 0.6) is 5.75 Å². The number of H-pyrrole nitrogens is 1. The summed E-state index contributed by atoms with van der Waals surface area (Å²) in [6.07, 6.45) is -0.632. The second-order valence-electron chi connectivity index (χ2n) is 4.53. The van der Waals surface area contributed by atoms with Crippen LogP contribution < -0.4 is 10.1 Å². The van der Waals surface area contributed by atoms with Gasteiger partial charge in [-0.05, 0) is 45.0 Å². The molecule has 6 heteroatoms. The average Bonchev–Trinajstić information content (AvgIpc) is 2.73. The highest BCUT2D eigenvalue weighted by atomic mass is 35.5. The third-order valence-electron chi connectivity index (χ3n) is 2.99. The van der Waals surface area contributed by atoms with Crippen molar-refractivity contribution in [2.45, 2.75) is 26.9 Å². The van der Waals surface area contributed by atoms with E-state index in [0.29, 0.717) is 16.6 Å². The van der Waals surface area contributed by atoms with Crippen molar-refractivity contribution >= 4 is 23.3 Å². The number of nitrogens with zero attached hydrogens (tertiary/aromatic N) is 1. The minimum absolute atomic E-state index is 0.255. The van der Waals surface area contributed by atoms with Crippen LogP contribution in [0.2, 0.25) is 5.02 Å². The van der Waals surface area contributed by atoms with Gasteiger partial charge in [0.15, 0.2) is 11.9 Å². The number of hydrogen-bond acceptors (Lipinski definition) is 3. The van der Waals surface area contributed by atoms with Gasteiger partial charge >= 0.3 is 0 Å². The minimum atomic E-state index is -0.632. The summed E-state index contributed by atoms with van der Waals surface area (Å²) in [7, 11) is 0. The highest BCUT2D eigenvalue weighted by Crippen LogP contribution is 2.18. The molecular formula is C14H16ClN3O2. The fourth-order valence-corrected chi connectivity index (χ4v) is 1.72. The van der Waals surface area contributed by atoms with E-state index in [2.05, 4.69) is 15.5 Å². The third kappa shape index (κ3) is 3.30. The van der Waals surface area contributed by atoms with Gasteiger partial charge in [0, 0.05) is 16.3 Å². The fraction of sp³-hybridized carbons (Fsp3) is 0.286. The molecule has 1 atom stereocenters. The van der Waals surface area contributed by atoms with Gasteiger partial charge in [-0.3, -0.25) is 9.89 Å². The Morgan fingerprint density at radius 1 is 1.35 bits per heavy atom. The molecule has 106 valence electrons. The molecule has 1 heterocycles. The second kappa shape index (κ2) is 5.96. The van der Waals surface area contributed by atoms with Crippen LogP contribution in [0.15, 0.2) is 24.3 Å². The maximum atomic E-state index is 12.0. The number of carbonyl (C=O) groups excluding carboxylic acids is 1. The monoisotopic (exact) mass is 293 g/mol.